The molecule has 0 bridgehead atoms. The van der Waals surface area contributed by atoms with E-state index in [-0.39, 0.29) is 17.9 Å². The zero-order chi connectivity index (χ0) is 14.1. The summed E-state index contributed by atoms with van der Waals surface area (Å²) in [6, 6.07) is 8.12. The molecule has 1 N–H and O–H groups in total. The van der Waals surface area contributed by atoms with Gasteiger partial charge in [-0.05, 0) is 23.1 Å². The number of hydrogen-bond donors (Lipinski definition) is 1. The molecule has 1 amide bonds. The molecule has 0 saturated heterocycles. The van der Waals surface area contributed by atoms with Gasteiger partial charge in [0.1, 0.15) is 0 Å². The van der Waals surface area contributed by atoms with Crippen LogP contribution in [0, 0.1) is 5.92 Å². The first-order chi connectivity index (χ1) is 9.63. The zero-order valence-electron chi connectivity index (χ0n) is 11.5. The van der Waals surface area contributed by atoms with E-state index in [4.69, 9.17) is 4.99 Å². The second kappa shape index (κ2) is 5.32. The lowest BCUT2D eigenvalue weighted by molar-refractivity contribution is -0.118. The summed E-state index contributed by atoms with van der Waals surface area (Å²) in [6.45, 7) is 4.65. The second-order valence-corrected chi connectivity index (χ2v) is 6.13. The molecule has 1 atom stereocenters. The first-order valence-electron chi connectivity index (χ1n) is 6.72. The molecule has 2 heterocycles. The van der Waals surface area contributed by atoms with Crippen molar-refractivity contribution in [2.24, 2.45) is 10.9 Å². The number of aliphatic imine (C=N–C) groups is 1. The van der Waals surface area contributed by atoms with E-state index in [1.54, 1.807) is 11.8 Å². The Morgan fingerprint density at radius 1 is 1.50 bits per heavy atom. The number of carbonyl (C=O) groups is 1. The van der Waals surface area contributed by atoms with Crippen molar-refractivity contribution in [2.75, 3.05) is 11.9 Å². The summed E-state index contributed by atoms with van der Waals surface area (Å²) in [5.74, 6) is 0.0244. The maximum Gasteiger partial charge on any atom is 0.226 e. The number of amidine groups is 1. The number of anilines is 1. The van der Waals surface area contributed by atoms with Gasteiger partial charge in [-0.1, -0.05) is 37.7 Å². The fourth-order valence-corrected chi connectivity index (χ4v) is 2.98. The molecular formula is C15H17N3OS. The van der Waals surface area contributed by atoms with Gasteiger partial charge in [0.05, 0.1) is 12.6 Å². The fraction of sp³-hybridized carbons (Fsp3) is 0.333. The third kappa shape index (κ3) is 2.58. The van der Waals surface area contributed by atoms with Gasteiger partial charge in [0.2, 0.25) is 5.91 Å². The van der Waals surface area contributed by atoms with Crippen LogP contribution in [0.5, 0.6) is 0 Å². The van der Waals surface area contributed by atoms with Crippen molar-refractivity contribution in [1.82, 2.24) is 4.90 Å². The van der Waals surface area contributed by atoms with Gasteiger partial charge < -0.3 is 10.2 Å². The predicted octanol–water partition coefficient (Wildman–Crippen LogP) is 3.21. The van der Waals surface area contributed by atoms with Crippen LogP contribution in [-0.2, 0) is 4.79 Å². The van der Waals surface area contributed by atoms with Crippen LogP contribution in [0.3, 0.4) is 0 Å². The van der Waals surface area contributed by atoms with Gasteiger partial charge in [0, 0.05) is 17.8 Å². The van der Waals surface area contributed by atoms with E-state index in [0.29, 0.717) is 0 Å². The Labute approximate surface area is 123 Å². The van der Waals surface area contributed by atoms with Crippen molar-refractivity contribution in [2.45, 2.75) is 19.9 Å². The van der Waals surface area contributed by atoms with Gasteiger partial charge in [-0.2, -0.15) is 0 Å². The van der Waals surface area contributed by atoms with E-state index in [2.05, 4.69) is 22.5 Å². The first-order valence-corrected chi connectivity index (χ1v) is 7.60. The van der Waals surface area contributed by atoms with Gasteiger partial charge >= 0.3 is 0 Å². The Morgan fingerprint density at radius 3 is 3.10 bits per heavy atom. The van der Waals surface area contributed by atoms with Gasteiger partial charge in [0.25, 0.3) is 0 Å². The van der Waals surface area contributed by atoms with Gasteiger partial charge in [0.15, 0.2) is 5.17 Å². The summed E-state index contributed by atoms with van der Waals surface area (Å²) >= 11 is 1.66. The minimum absolute atomic E-state index is 0.0163. The summed E-state index contributed by atoms with van der Waals surface area (Å²) in [7, 11) is 0. The molecule has 1 unspecified atom stereocenters. The minimum atomic E-state index is -0.0163. The molecule has 0 aliphatic carbocycles. The SMILES string of the molecule is CC(C)C(=O)Nc1cccc(C2CN3C=CSC3=N2)c1. The minimum Gasteiger partial charge on any atom is -0.326 e. The molecule has 0 aromatic heterocycles. The Hall–Kier alpha value is -1.75. The molecule has 20 heavy (non-hydrogen) atoms. The Balaban J connectivity index is 1.75. The number of fused-ring (bicyclic) bond motifs is 1. The third-order valence-electron chi connectivity index (χ3n) is 3.36. The Bertz CT molecular complexity index is 595. The number of nitrogens with one attached hydrogen (secondary N) is 1. The lowest BCUT2D eigenvalue weighted by atomic mass is 10.1. The molecule has 4 nitrogen and oxygen atoms in total. The van der Waals surface area contributed by atoms with Crippen LogP contribution in [-0.4, -0.2) is 22.5 Å². The number of amides is 1. The zero-order valence-corrected chi connectivity index (χ0v) is 12.4. The Morgan fingerprint density at radius 2 is 2.35 bits per heavy atom. The van der Waals surface area contributed by atoms with Crippen LogP contribution in [0.2, 0.25) is 0 Å². The van der Waals surface area contributed by atoms with Gasteiger partial charge in [-0.15, -0.1) is 0 Å². The van der Waals surface area contributed by atoms with E-state index >= 15 is 0 Å². The topological polar surface area (TPSA) is 44.7 Å². The molecule has 0 radical (unpaired) electrons. The van der Waals surface area contributed by atoms with Crippen molar-refractivity contribution in [3.8, 4) is 0 Å². The van der Waals surface area contributed by atoms with E-state index in [9.17, 15) is 4.79 Å². The summed E-state index contributed by atoms with van der Waals surface area (Å²) < 4.78 is 0. The van der Waals surface area contributed by atoms with Gasteiger partial charge in [-0.25, -0.2) is 0 Å². The van der Waals surface area contributed by atoms with Crippen molar-refractivity contribution in [3.05, 3.63) is 41.4 Å². The number of thioether (sulfide) groups is 1. The highest BCUT2D eigenvalue weighted by Crippen LogP contribution is 2.33. The quantitative estimate of drug-likeness (QED) is 0.928. The van der Waals surface area contributed by atoms with Crippen molar-refractivity contribution < 1.29 is 4.79 Å². The highest BCUT2D eigenvalue weighted by atomic mass is 32.2. The van der Waals surface area contributed by atoms with E-state index < -0.39 is 0 Å². The Kier molecular flexibility index (Phi) is 3.53. The van der Waals surface area contributed by atoms with Crippen LogP contribution in [0.4, 0.5) is 5.69 Å². The number of benzene rings is 1. The van der Waals surface area contributed by atoms with E-state index in [0.717, 1.165) is 23.0 Å². The molecule has 0 spiro atoms. The molecule has 0 fully saturated rings. The predicted molar refractivity (Wildman–Crippen MR) is 83.5 cm³/mol. The lowest BCUT2D eigenvalue weighted by Crippen LogP contribution is -2.18. The van der Waals surface area contributed by atoms with Crippen LogP contribution >= 0.6 is 11.8 Å². The maximum absolute atomic E-state index is 11.7. The van der Waals surface area contributed by atoms with Crippen molar-refractivity contribution in [1.29, 1.82) is 0 Å². The number of rotatable bonds is 3. The van der Waals surface area contributed by atoms with Crippen molar-refractivity contribution in [3.63, 3.8) is 0 Å². The van der Waals surface area contributed by atoms with E-state index in [1.165, 1.54) is 0 Å². The van der Waals surface area contributed by atoms with Crippen LogP contribution in [0.1, 0.15) is 25.5 Å². The maximum atomic E-state index is 11.7. The molecule has 5 heteroatoms. The van der Waals surface area contributed by atoms with Gasteiger partial charge in [-0.3, -0.25) is 9.79 Å². The second-order valence-electron chi connectivity index (χ2n) is 5.25. The number of carbonyl (C=O) groups excluding carboxylic acids is 1. The average molecular weight is 287 g/mol. The summed E-state index contributed by atoms with van der Waals surface area (Å²) in [4.78, 5) is 18.6. The fourth-order valence-electron chi connectivity index (χ4n) is 2.19. The standard InChI is InChI=1S/C15H17N3OS/c1-10(2)14(19)16-12-5-3-4-11(8-12)13-9-18-6-7-20-15(18)17-13/h3-8,10,13H,9H2,1-2H3,(H,16,19). The van der Waals surface area contributed by atoms with Crippen molar-refractivity contribution >= 4 is 28.5 Å². The monoisotopic (exact) mass is 287 g/mol. The van der Waals surface area contributed by atoms with Crippen LogP contribution in [0.15, 0.2) is 40.9 Å². The normalized spacial score (nSPS) is 20.2. The number of hydrogen-bond acceptors (Lipinski definition) is 4. The molecule has 1 aromatic carbocycles. The molecular weight excluding hydrogens is 270 g/mol. The van der Waals surface area contributed by atoms with Crippen LogP contribution in [0.25, 0.3) is 0 Å². The largest absolute Gasteiger partial charge is 0.326 e. The lowest BCUT2D eigenvalue weighted by Gasteiger charge is -2.13. The summed E-state index contributed by atoms with van der Waals surface area (Å²) in [5.41, 5.74) is 1.99. The molecule has 3 rings (SSSR count). The summed E-state index contributed by atoms with van der Waals surface area (Å²) in [5, 5.41) is 6.05. The molecule has 2 aliphatic heterocycles. The smallest absolute Gasteiger partial charge is 0.226 e. The molecule has 2 aliphatic rings. The first kappa shape index (κ1) is 13.2. The highest BCUT2D eigenvalue weighted by Gasteiger charge is 2.27. The molecule has 104 valence electrons. The number of nitrogens with zero attached hydrogens (tertiary/aromatic N) is 2. The highest BCUT2D eigenvalue weighted by molar-refractivity contribution is 8.16. The average Bonchev–Trinajstić information content (AvgIpc) is 2.99. The molecule has 0 saturated carbocycles. The summed E-state index contributed by atoms with van der Waals surface area (Å²) in [6.07, 6.45) is 2.06. The molecule has 1 aromatic rings. The van der Waals surface area contributed by atoms with Crippen LogP contribution < -0.4 is 5.32 Å². The van der Waals surface area contributed by atoms with E-state index in [1.807, 2.05) is 37.5 Å². The third-order valence-corrected chi connectivity index (χ3v) is 4.17.